The summed E-state index contributed by atoms with van der Waals surface area (Å²) in [5.74, 6) is -0.383. The monoisotopic (exact) mass is 384 g/mol. The zero-order valence-corrected chi connectivity index (χ0v) is 16.3. The molecule has 2 rings (SSSR count). The molecule has 9 heteroatoms. The quantitative estimate of drug-likeness (QED) is 0.714. The lowest BCUT2D eigenvalue weighted by molar-refractivity contribution is 0.596. The van der Waals surface area contributed by atoms with Crippen molar-refractivity contribution in [3.05, 3.63) is 41.3 Å². The molecule has 25 heavy (non-hydrogen) atoms. The molecule has 0 saturated heterocycles. The van der Waals surface area contributed by atoms with Crippen molar-refractivity contribution < 1.29 is 17.4 Å². The van der Waals surface area contributed by atoms with Gasteiger partial charge in [0.05, 0.1) is 17.6 Å². The third kappa shape index (κ3) is 4.38. The Balaban J connectivity index is 2.79. The Hall–Kier alpha value is -1.92. The topological polar surface area (TPSA) is 80.2 Å². The van der Waals surface area contributed by atoms with E-state index in [1.54, 1.807) is 12.1 Å². The van der Waals surface area contributed by atoms with Gasteiger partial charge >= 0.3 is 8.46 Å². The first-order chi connectivity index (χ1) is 11.6. The van der Waals surface area contributed by atoms with E-state index in [-0.39, 0.29) is 23.8 Å². The highest BCUT2D eigenvalue weighted by Gasteiger charge is 2.24. The number of nitrogens with zero attached hydrogens (tertiary/aromatic N) is 3. The summed E-state index contributed by atoms with van der Waals surface area (Å²) in [4.78, 5) is 8.77. The summed E-state index contributed by atoms with van der Waals surface area (Å²) in [5, 5.41) is 0. The molecule has 1 atom stereocenters. The fourth-order valence-corrected chi connectivity index (χ4v) is 3.22. The highest BCUT2D eigenvalue weighted by molar-refractivity contribution is 7.92. The summed E-state index contributed by atoms with van der Waals surface area (Å²) in [5.41, 5.74) is 2.39. The highest BCUT2D eigenvalue weighted by Crippen LogP contribution is 2.32. The number of sulfonamides is 1. The molecule has 0 radical (unpaired) electrons. The van der Waals surface area contributed by atoms with E-state index >= 15 is 0 Å². The molecule has 0 aliphatic carbocycles. The first-order valence-corrected chi connectivity index (χ1v) is 10.6. The minimum absolute atomic E-state index is 0.0275. The molecule has 0 spiro atoms. The van der Waals surface area contributed by atoms with Gasteiger partial charge in [-0.1, -0.05) is 18.4 Å². The zero-order chi connectivity index (χ0) is 18.8. The minimum atomic E-state index is -3.54. The smallest absolute Gasteiger partial charge is 0.241 e. The highest BCUT2D eigenvalue weighted by atomic mass is 32.2. The lowest BCUT2D eigenvalue weighted by atomic mass is 9.99. The van der Waals surface area contributed by atoms with Gasteiger partial charge in [0, 0.05) is 18.2 Å². The van der Waals surface area contributed by atoms with Gasteiger partial charge in [-0.2, -0.15) is 0 Å². The van der Waals surface area contributed by atoms with Crippen LogP contribution in [0.15, 0.2) is 24.3 Å². The summed E-state index contributed by atoms with van der Waals surface area (Å²) in [6.45, 7) is 3.83. The lowest BCUT2D eigenvalue weighted by Gasteiger charge is -2.20. The van der Waals surface area contributed by atoms with Gasteiger partial charge in [-0.15, -0.1) is 0 Å². The molecule has 1 aromatic heterocycles. The lowest BCUT2D eigenvalue weighted by Crippen LogP contribution is -2.27. The van der Waals surface area contributed by atoms with Crippen molar-refractivity contribution in [1.29, 1.82) is 0 Å². The molecule has 1 heterocycles. The second-order valence-corrected chi connectivity index (χ2v) is 8.61. The van der Waals surface area contributed by atoms with Crippen LogP contribution in [0.25, 0.3) is 11.3 Å². The van der Waals surface area contributed by atoms with Crippen LogP contribution in [0.2, 0.25) is 0 Å². The maximum absolute atomic E-state index is 13.3. The molecule has 0 aliphatic rings. The average Bonchev–Trinajstić information content (AvgIpc) is 2.54. The normalized spacial score (nSPS) is 11.9. The summed E-state index contributed by atoms with van der Waals surface area (Å²) < 4.78 is 49.3. The SMILES string of the molecule is CC(C)c1nc(N(C)S(C)(=O)=O)nc(-c2ccc(F)cc2)c1C[PH+]=O. The van der Waals surface area contributed by atoms with E-state index in [2.05, 4.69) is 9.97 Å². The molecule has 0 N–H and O–H groups in total. The first kappa shape index (κ1) is 19.4. The number of hydrogen-bond acceptors (Lipinski definition) is 5. The van der Waals surface area contributed by atoms with E-state index in [0.29, 0.717) is 22.5 Å². The number of hydrogen-bond donors (Lipinski definition) is 0. The minimum Gasteiger partial charge on any atom is -0.241 e. The Morgan fingerprint density at radius 2 is 1.80 bits per heavy atom. The van der Waals surface area contributed by atoms with Crippen LogP contribution in [0.5, 0.6) is 0 Å². The van der Waals surface area contributed by atoms with E-state index in [1.807, 2.05) is 13.8 Å². The van der Waals surface area contributed by atoms with Crippen molar-refractivity contribution in [2.75, 3.05) is 17.6 Å². The van der Waals surface area contributed by atoms with Crippen LogP contribution in [0, 0.1) is 5.82 Å². The van der Waals surface area contributed by atoms with Crippen LogP contribution in [0.1, 0.15) is 31.0 Å². The van der Waals surface area contributed by atoms with Gasteiger partial charge in [-0.05, 0) is 30.2 Å². The van der Waals surface area contributed by atoms with Crippen LogP contribution >= 0.6 is 8.46 Å². The van der Waals surface area contributed by atoms with Crippen LogP contribution in [-0.2, 0) is 20.8 Å². The molecule has 0 amide bonds. The maximum atomic E-state index is 13.3. The van der Waals surface area contributed by atoms with Crippen LogP contribution < -0.4 is 4.31 Å². The summed E-state index contributed by atoms with van der Waals surface area (Å²) in [7, 11) is -2.76. The van der Waals surface area contributed by atoms with E-state index in [0.717, 1.165) is 10.6 Å². The number of halogens is 1. The van der Waals surface area contributed by atoms with Crippen LogP contribution in [0.4, 0.5) is 10.3 Å². The van der Waals surface area contributed by atoms with Gasteiger partial charge in [0.15, 0.2) is 6.16 Å². The molecule has 134 valence electrons. The predicted molar refractivity (Wildman–Crippen MR) is 97.5 cm³/mol. The third-order valence-corrected chi connectivity index (χ3v) is 5.38. The molecular formula is C16H20FN3O3PS+. The van der Waals surface area contributed by atoms with Crippen molar-refractivity contribution in [2.24, 2.45) is 0 Å². The maximum Gasteiger partial charge on any atom is 0.329 e. The van der Waals surface area contributed by atoms with Crippen molar-refractivity contribution >= 4 is 24.4 Å². The Labute approximate surface area is 148 Å². The van der Waals surface area contributed by atoms with E-state index < -0.39 is 18.5 Å². The van der Waals surface area contributed by atoms with E-state index in [9.17, 15) is 17.4 Å². The van der Waals surface area contributed by atoms with Gasteiger partial charge in [0.2, 0.25) is 16.0 Å². The molecule has 2 aromatic rings. The van der Waals surface area contributed by atoms with Gasteiger partial charge in [-0.3, -0.25) is 0 Å². The molecule has 1 aromatic carbocycles. The number of anilines is 1. The molecule has 1 unspecified atom stereocenters. The largest absolute Gasteiger partial charge is 0.329 e. The molecule has 0 saturated carbocycles. The fourth-order valence-electron chi connectivity index (χ4n) is 2.35. The number of rotatable bonds is 6. The number of aromatic nitrogens is 2. The third-order valence-electron chi connectivity index (χ3n) is 3.72. The van der Waals surface area contributed by atoms with Gasteiger partial charge in [0.1, 0.15) is 5.82 Å². The Bertz CT molecular complexity index is 886. The zero-order valence-electron chi connectivity index (χ0n) is 14.4. The molecule has 6 nitrogen and oxygen atoms in total. The standard InChI is InChI=1S/C16H19FN3O3PS/c1-10(2)14-13(9-24-21)15(11-5-7-12(17)8-6-11)19-16(18-14)20(3)25(4,22)23/h5-8,10H,9H2,1-4H3/p+1. The van der Waals surface area contributed by atoms with Crippen LogP contribution in [0.3, 0.4) is 0 Å². The summed E-state index contributed by atoms with van der Waals surface area (Å²) in [6, 6.07) is 5.72. The predicted octanol–water partition coefficient (Wildman–Crippen LogP) is 3.33. The van der Waals surface area contributed by atoms with Crippen LogP contribution in [-0.4, -0.2) is 31.7 Å². The number of benzene rings is 1. The van der Waals surface area contributed by atoms with Gasteiger partial charge in [-0.25, -0.2) is 27.1 Å². The second-order valence-electron chi connectivity index (χ2n) is 5.95. The van der Waals surface area contributed by atoms with Gasteiger partial charge in [0.25, 0.3) is 0 Å². The van der Waals surface area contributed by atoms with E-state index in [1.165, 1.54) is 19.2 Å². The van der Waals surface area contributed by atoms with E-state index in [4.69, 9.17) is 0 Å². The molecule has 0 fully saturated rings. The van der Waals surface area contributed by atoms with Crippen molar-refractivity contribution in [1.82, 2.24) is 9.97 Å². The van der Waals surface area contributed by atoms with Crippen molar-refractivity contribution in [3.8, 4) is 11.3 Å². The Morgan fingerprint density at radius 3 is 2.28 bits per heavy atom. The van der Waals surface area contributed by atoms with Gasteiger partial charge < -0.3 is 0 Å². The fraction of sp³-hybridized carbons (Fsp3) is 0.375. The Kier molecular flexibility index (Phi) is 5.85. The summed E-state index contributed by atoms with van der Waals surface area (Å²) >= 11 is 0. The Morgan fingerprint density at radius 1 is 1.20 bits per heavy atom. The van der Waals surface area contributed by atoms with Crippen molar-refractivity contribution in [3.63, 3.8) is 0 Å². The second kappa shape index (κ2) is 7.54. The molecular weight excluding hydrogens is 364 g/mol. The first-order valence-electron chi connectivity index (χ1n) is 7.60. The molecule has 0 bridgehead atoms. The molecule has 0 aliphatic heterocycles. The average molecular weight is 384 g/mol. The summed E-state index contributed by atoms with van der Waals surface area (Å²) in [6.07, 6.45) is 1.30. The van der Waals surface area contributed by atoms with Crippen molar-refractivity contribution in [2.45, 2.75) is 25.9 Å².